The summed E-state index contributed by atoms with van der Waals surface area (Å²) in [6, 6.07) is 20.3. The van der Waals surface area contributed by atoms with Crippen molar-refractivity contribution in [1.29, 1.82) is 0 Å². The number of carbonyl (C=O) groups is 7. The summed E-state index contributed by atoms with van der Waals surface area (Å²) in [4.78, 5) is 86.7. The molecule has 3 aliphatic rings. The van der Waals surface area contributed by atoms with Gasteiger partial charge in [-0.1, -0.05) is 131 Å². The second-order valence-corrected chi connectivity index (χ2v) is 29.7. The van der Waals surface area contributed by atoms with Crippen LogP contribution in [-0.2, 0) is 37.0 Å². The molecule has 26 nitrogen and oxygen atoms in total. The highest BCUT2D eigenvalue weighted by Crippen LogP contribution is 2.44. The molecule has 0 radical (unpaired) electrons. The second kappa shape index (κ2) is 42.1. The van der Waals surface area contributed by atoms with Crippen LogP contribution in [0.15, 0.2) is 72.8 Å². The Labute approximate surface area is 630 Å². The topological polar surface area (TPSA) is 326 Å². The van der Waals surface area contributed by atoms with E-state index >= 15 is 0 Å². The Balaban J connectivity index is 0.000000224. The summed E-state index contributed by atoms with van der Waals surface area (Å²) >= 11 is 0. The molecule has 0 aliphatic heterocycles. The third kappa shape index (κ3) is 24.7. The van der Waals surface area contributed by atoms with Gasteiger partial charge in [-0.05, 0) is 141 Å². The van der Waals surface area contributed by atoms with E-state index in [1.807, 2.05) is 110 Å². The van der Waals surface area contributed by atoms with Crippen molar-refractivity contribution < 1.29 is 76.9 Å². The summed E-state index contributed by atoms with van der Waals surface area (Å²) in [7, 11) is 10.9. The van der Waals surface area contributed by atoms with Crippen LogP contribution in [0.4, 0.5) is 0 Å². The van der Waals surface area contributed by atoms with E-state index in [9.17, 15) is 43.8 Å². The molecule has 3 fully saturated rings. The Bertz CT molecular complexity index is 3810. The number of benzene rings is 3. The van der Waals surface area contributed by atoms with Crippen molar-refractivity contribution in [3.63, 3.8) is 0 Å². The van der Waals surface area contributed by atoms with Gasteiger partial charge in [-0.2, -0.15) is 15.3 Å². The lowest BCUT2D eigenvalue weighted by atomic mass is 9.83. The van der Waals surface area contributed by atoms with E-state index in [0.717, 1.165) is 84.6 Å². The van der Waals surface area contributed by atoms with Crippen molar-refractivity contribution >= 4 is 41.5 Å². The molecule has 107 heavy (non-hydrogen) atoms. The van der Waals surface area contributed by atoms with Gasteiger partial charge in [-0.15, -0.1) is 0 Å². The van der Waals surface area contributed by atoms with E-state index in [1.165, 1.54) is 58.5 Å². The Morgan fingerprint density at radius 3 is 1.29 bits per heavy atom. The van der Waals surface area contributed by atoms with E-state index in [1.54, 1.807) is 60.9 Å². The monoisotopic (exact) mass is 1480 g/mol. The number of nitrogens with one attached hydrogen (secondary N) is 4. The fraction of sp³-hybridized carbons (Fsp3) is 0.580. The average Bonchev–Trinajstić information content (AvgIpc) is 1.60. The van der Waals surface area contributed by atoms with E-state index in [4.69, 9.17) is 38.6 Å². The van der Waals surface area contributed by atoms with E-state index in [0.29, 0.717) is 78.7 Å². The Hall–Kier alpha value is -9.62. The predicted octanol–water partition coefficient (Wildman–Crippen LogP) is 13.7. The van der Waals surface area contributed by atoms with Gasteiger partial charge in [0.2, 0.25) is 5.91 Å². The molecule has 3 aliphatic carbocycles. The number of rotatable bonds is 34. The number of nitrogens with zero attached hydrogens (tertiary/aromatic N) is 6. The first-order valence-electron chi connectivity index (χ1n) is 37.9. The molecule has 26 heteroatoms. The number of aryl methyl sites for hydroxylation is 1. The highest BCUT2D eigenvalue weighted by Gasteiger charge is 2.32. The molecular formula is C81H116N10O16. The SMILES string of the molecule is COC(=O)CNC(=O)[C@H](CC(C)C)NC(=O)c1cc(-c2c(OC)cccc2OC)n(C2CCCCC2)n1.COc1cccc(OC)c1-c1cc(C(=O)N[C@H](CC(=O)O)CC(C)C)nn1CC1CCC(C)CC1.COc1cccc(OC)c1-c1cc(C(=O)N[C@H](CC(=O)O)CC(C)C)nn1CCC1CCCCC1. The zero-order valence-electron chi connectivity index (χ0n) is 65.3. The summed E-state index contributed by atoms with van der Waals surface area (Å²) < 4.78 is 44.1. The number of methoxy groups -OCH3 is 7. The number of hydrogen-bond acceptors (Lipinski definition) is 17. The summed E-state index contributed by atoms with van der Waals surface area (Å²) in [5.41, 5.74) is 5.16. The summed E-state index contributed by atoms with van der Waals surface area (Å²) in [6.07, 6.45) is 18.5. The lowest BCUT2D eigenvalue weighted by molar-refractivity contribution is -0.141. The van der Waals surface area contributed by atoms with Gasteiger partial charge in [0, 0.05) is 25.2 Å². The standard InChI is InChI=1S/C27H38N4O6.2C27H39N3O5/c1-17(2)14-19(26(33)28-16-24(32)37-5)29-27(34)20-15-21(31(30-20)18-10-7-6-8-11-18)25-22(35-3)12-9-13-23(25)36-4;1-17(2)13-20(14-25(31)32)28-27(33)21-15-22(26-23(34-4)7-6-8-24(26)35-5)30(29-21)16-19-11-9-18(3)10-12-19;1-18(2)15-20(16-25(31)32)28-27(33)21-17-22(26-23(34-3)11-8-12-24(26)35-4)30(29-21)14-13-19-9-6-5-7-10-19/h9,12-13,15,17-19H,6-8,10-11,14,16H2,1-5H3,(H,28,33)(H,29,34);6-8,15,17-20H,9-14,16H2,1-5H3,(H,28,33)(H,31,32);8,11-12,17-20H,5-7,9-10,13-16H2,1-4H3,(H,28,33)(H,31,32)/t19-;18?,19?,20-;20-/m000/s1. The summed E-state index contributed by atoms with van der Waals surface area (Å²) in [5.74, 6) is 2.17. The van der Waals surface area contributed by atoms with Crippen LogP contribution < -0.4 is 49.7 Å². The van der Waals surface area contributed by atoms with Crippen LogP contribution in [-0.4, -0.2) is 156 Å². The largest absolute Gasteiger partial charge is 0.496 e. The minimum atomic E-state index is -0.938. The van der Waals surface area contributed by atoms with E-state index in [2.05, 4.69) is 38.0 Å². The van der Waals surface area contributed by atoms with Crippen molar-refractivity contribution in [2.24, 2.45) is 35.5 Å². The first-order chi connectivity index (χ1) is 51.3. The quantitative estimate of drug-likeness (QED) is 0.0204. The Kier molecular flexibility index (Phi) is 33.3. The van der Waals surface area contributed by atoms with Gasteiger partial charge in [-0.25, -0.2) is 0 Å². The number of aromatic nitrogens is 6. The van der Waals surface area contributed by atoms with Gasteiger partial charge < -0.3 is 64.6 Å². The second-order valence-electron chi connectivity index (χ2n) is 29.7. The van der Waals surface area contributed by atoms with Crippen molar-refractivity contribution in [1.82, 2.24) is 50.6 Å². The van der Waals surface area contributed by atoms with Crippen molar-refractivity contribution in [2.75, 3.05) is 56.3 Å². The number of carboxylic acids is 2. The molecular weight excluding hydrogens is 1370 g/mol. The maximum Gasteiger partial charge on any atom is 0.325 e. The smallest absolute Gasteiger partial charge is 0.325 e. The fourth-order valence-electron chi connectivity index (χ4n) is 14.7. The van der Waals surface area contributed by atoms with Crippen molar-refractivity contribution in [3.05, 3.63) is 89.9 Å². The number of ether oxygens (including phenoxy) is 7. The molecule has 6 aromatic rings. The number of carboxylic acid groups (broad SMARTS) is 2. The van der Waals surface area contributed by atoms with Crippen LogP contribution >= 0.6 is 0 Å². The number of aliphatic carboxylic acids is 2. The normalized spacial score (nSPS) is 16.2. The predicted molar refractivity (Wildman–Crippen MR) is 408 cm³/mol. The number of amides is 4. The Morgan fingerprint density at radius 2 is 0.869 bits per heavy atom. The molecule has 0 saturated heterocycles. The lowest BCUT2D eigenvalue weighted by Gasteiger charge is -2.26. The Morgan fingerprint density at radius 1 is 0.477 bits per heavy atom. The summed E-state index contributed by atoms with van der Waals surface area (Å²) in [5, 5.41) is 43.8. The first-order valence-corrected chi connectivity index (χ1v) is 37.9. The lowest BCUT2D eigenvalue weighted by Crippen LogP contribution is -2.48. The van der Waals surface area contributed by atoms with Crippen LogP contribution in [0.25, 0.3) is 33.8 Å². The number of carbonyl (C=O) groups excluding carboxylic acids is 5. The molecule has 0 spiro atoms. The van der Waals surface area contributed by atoms with E-state index < -0.39 is 47.8 Å². The number of esters is 1. The highest BCUT2D eigenvalue weighted by molar-refractivity contribution is 5.98. The fourth-order valence-corrected chi connectivity index (χ4v) is 14.7. The minimum absolute atomic E-state index is 0.125. The third-order valence-corrected chi connectivity index (χ3v) is 20.0. The van der Waals surface area contributed by atoms with Crippen molar-refractivity contribution in [3.8, 4) is 68.3 Å². The first kappa shape index (κ1) is 84.6. The maximum atomic E-state index is 13.4. The summed E-state index contributed by atoms with van der Waals surface area (Å²) in [6.45, 7) is 15.3. The maximum absolute atomic E-state index is 13.4. The van der Waals surface area contributed by atoms with Gasteiger partial charge in [0.05, 0.1) is 102 Å². The van der Waals surface area contributed by atoms with Gasteiger partial charge in [0.1, 0.15) is 47.1 Å². The van der Waals surface area contributed by atoms with E-state index in [-0.39, 0.29) is 72.1 Å². The van der Waals surface area contributed by atoms with Crippen LogP contribution in [0.1, 0.15) is 214 Å². The average molecular weight is 1490 g/mol. The van der Waals surface area contributed by atoms with Crippen LogP contribution in [0.2, 0.25) is 0 Å². The molecule has 3 saturated carbocycles. The van der Waals surface area contributed by atoms with Crippen LogP contribution in [0.5, 0.6) is 34.5 Å². The molecule has 0 unspecified atom stereocenters. The zero-order valence-corrected chi connectivity index (χ0v) is 65.3. The molecule has 586 valence electrons. The molecule has 3 aromatic carbocycles. The highest BCUT2D eigenvalue weighted by atomic mass is 16.5. The van der Waals surface area contributed by atoms with Crippen LogP contribution in [0, 0.1) is 35.5 Å². The molecule has 3 heterocycles. The number of hydrogen-bond donors (Lipinski definition) is 6. The molecule has 0 bridgehead atoms. The van der Waals surface area contributed by atoms with Gasteiger partial charge in [0.25, 0.3) is 17.7 Å². The molecule has 9 rings (SSSR count). The molecule has 3 aromatic heterocycles. The van der Waals surface area contributed by atoms with Crippen molar-refractivity contribution in [2.45, 2.75) is 214 Å². The third-order valence-electron chi connectivity index (χ3n) is 20.0. The van der Waals surface area contributed by atoms with Crippen LogP contribution in [0.3, 0.4) is 0 Å². The minimum Gasteiger partial charge on any atom is -0.496 e. The zero-order chi connectivity index (χ0) is 77.9. The van der Waals surface area contributed by atoms with Gasteiger partial charge in [-0.3, -0.25) is 47.6 Å². The molecule has 4 amide bonds. The molecule has 6 N–H and O–H groups in total. The van der Waals surface area contributed by atoms with Gasteiger partial charge >= 0.3 is 17.9 Å². The van der Waals surface area contributed by atoms with Gasteiger partial charge in [0.15, 0.2) is 17.1 Å². The molecule has 3 atom stereocenters.